The van der Waals surface area contributed by atoms with Crippen LogP contribution in [0.15, 0.2) is 12.1 Å². The van der Waals surface area contributed by atoms with Crippen molar-refractivity contribution in [1.29, 1.82) is 0 Å². The number of ether oxygens (including phenoxy) is 2. The SMILES string of the molecule is CN(CCCCCc1cc2c(cc1OC1CCCCO1)CC[C@@H]1[C@@H]2CC[C@]2(C)C(=O)CC[C@@H]12)CCCO[Si](C)(C)C(C)(C)C. The van der Waals surface area contributed by atoms with Crippen LogP contribution in [0.25, 0.3) is 0 Å². The van der Waals surface area contributed by atoms with Gasteiger partial charge in [0, 0.05) is 24.9 Å². The van der Waals surface area contributed by atoms with Crippen molar-refractivity contribution in [3.63, 3.8) is 0 Å². The summed E-state index contributed by atoms with van der Waals surface area (Å²) in [5, 5.41) is 0.279. The number of benzene rings is 1. The van der Waals surface area contributed by atoms with Crippen molar-refractivity contribution in [2.24, 2.45) is 17.3 Å². The van der Waals surface area contributed by atoms with Crippen LogP contribution in [0.4, 0.5) is 0 Å². The van der Waals surface area contributed by atoms with E-state index < -0.39 is 8.32 Å². The number of hydrogen-bond acceptors (Lipinski definition) is 5. The molecule has 5 rings (SSSR count). The number of nitrogens with zero attached hydrogens (tertiary/aromatic N) is 1. The predicted octanol–water partition coefficient (Wildman–Crippen LogP) is 9.07. The summed E-state index contributed by atoms with van der Waals surface area (Å²) in [5.41, 5.74) is 4.39. The molecule has 3 aliphatic carbocycles. The Morgan fingerprint density at radius 1 is 1.00 bits per heavy atom. The Hall–Kier alpha value is -1.21. The number of Topliss-reactive ketones (excluding diaryl/α,β-unsaturated/α-hetero) is 1. The van der Waals surface area contributed by atoms with Crippen LogP contribution >= 0.6 is 0 Å². The zero-order valence-electron chi connectivity index (χ0n) is 29.3. The molecule has 5 atom stereocenters. The molecule has 0 bridgehead atoms. The van der Waals surface area contributed by atoms with Gasteiger partial charge in [-0.3, -0.25) is 4.79 Å². The van der Waals surface area contributed by atoms with E-state index in [0.29, 0.717) is 23.5 Å². The smallest absolute Gasteiger partial charge is 0.199 e. The molecule has 6 heteroatoms. The van der Waals surface area contributed by atoms with E-state index in [9.17, 15) is 4.79 Å². The van der Waals surface area contributed by atoms with E-state index in [1.54, 1.807) is 5.56 Å². The molecule has 4 aliphatic rings. The Morgan fingerprint density at radius 3 is 2.55 bits per heavy atom. The normalized spacial score (nSPS) is 29.0. The van der Waals surface area contributed by atoms with Gasteiger partial charge in [-0.2, -0.15) is 0 Å². The molecule has 248 valence electrons. The second kappa shape index (κ2) is 14.3. The highest BCUT2D eigenvalue weighted by atomic mass is 28.4. The summed E-state index contributed by atoms with van der Waals surface area (Å²) in [7, 11) is 0.613. The molecule has 1 aromatic carbocycles. The summed E-state index contributed by atoms with van der Waals surface area (Å²) in [6.07, 6.45) is 15.5. The zero-order chi connectivity index (χ0) is 31.5. The first-order chi connectivity index (χ1) is 20.9. The largest absolute Gasteiger partial charge is 0.465 e. The Labute approximate surface area is 270 Å². The first kappa shape index (κ1) is 34.1. The van der Waals surface area contributed by atoms with Gasteiger partial charge in [0.2, 0.25) is 0 Å². The van der Waals surface area contributed by atoms with Crippen LogP contribution in [0, 0.1) is 17.3 Å². The van der Waals surface area contributed by atoms with Crippen molar-refractivity contribution < 1.29 is 18.7 Å². The quantitative estimate of drug-likeness (QED) is 0.162. The number of hydrogen-bond donors (Lipinski definition) is 0. The fourth-order valence-corrected chi connectivity index (χ4v) is 9.62. The van der Waals surface area contributed by atoms with Crippen molar-refractivity contribution in [1.82, 2.24) is 4.90 Å². The highest BCUT2D eigenvalue weighted by Gasteiger charge is 2.54. The fraction of sp³-hybridized carbons (Fsp3) is 0.816. The summed E-state index contributed by atoms with van der Waals surface area (Å²) in [5.74, 6) is 3.46. The molecule has 0 radical (unpaired) electrons. The first-order valence-corrected chi connectivity index (χ1v) is 21.1. The summed E-state index contributed by atoms with van der Waals surface area (Å²) in [6, 6.07) is 4.93. The van der Waals surface area contributed by atoms with E-state index >= 15 is 0 Å². The first-order valence-electron chi connectivity index (χ1n) is 18.2. The lowest BCUT2D eigenvalue weighted by Gasteiger charge is -2.48. The van der Waals surface area contributed by atoms with Crippen LogP contribution in [-0.4, -0.2) is 58.6 Å². The third-order valence-electron chi connectivity index (χ3n) is 12.5. The van der Waals surface area contributed by atoms with Crippen molar-refractivity contribution in [2.75, 3.05) is 33.4 Å². The monoisotopic (exact) mass is 625 g/mol. The second-order valence-electron chi connectivity index (χ2n) is 16.5. The van der Waals surface area contributed by atoms with Crippen molar-refractivity contribution in [2.45, 2.75) is 148 Å². The Bertz CT molecular complexity index is 1120. The summed E-state index contributed by atoms with van der Waals surface area (Å²) < 4.78 is 19.0. The van der Waals surface area contributed by atoms with Gasteiger partial charge in [-0.25, -0.2) is 0 Å². The minimum atomic E-state index is -1.65. The second-order valence-corrected chi connectivity index (χ2v) is 21.3. The minimum Gasteiger partial charge on any atom is -0.465 e. The van der Waals surface area contributed by atoms with E-state index in [2.05, 4.69) is 64.9 Å². The van der Waals surface area contributed by atoms with E-state index in [-0.39, 0.29) is 16.7 Å². The molecule has 5 nitrogen and oxygen atoms in total. The molecule has 0 aromatic heterocycles. The molecule has 2 saturated carbocycles. The molecule has 1 unspecified atom stereocenters. The lowest BCUT2D eigenvalue weighted by atomic mass is 9.55. The number of carbonyl (C=O) groups excluding carboxylic acids is 1. The summed E-state index contributed by atoms with van der Waals surface area (Å²) in [6.45, 7) is 17.9. The molecule has 1 heterocycles. The number of ketones is 1. The Morgan fingerprint density at radius 2 is 1.80 bits per heavy atom. The van der Waals surface area contributed by atoms with Crippen LogP contribution in [-0.2, 0) is 26.8 Å². The molecule has 0 amide bonds. The summed E-state index contributed by atoms with van der Waals surface area (Å²) >= 11 is 0. The van der Waals surface area contributed by atoms with Gasteiger partial charge in [0.15, 0.2) is 14.6 Å². The molecule has 1 aromatic rings. The maximum absolute atomic E-state index is 12.9. The average molecular weight is 626 g/mol. The van der Waals surface area contributed by atoms with Crippen LogP contribution in [0.5, 0.6) is 5.75 Å². The molecule has 44 heavy (non-hydrogen) atoms. The fourth-order valence-electron chi connectivity index (χ4n) is 8.53. The third-order valence-corrected chi connectivity index (χ3v) is 17.0. The van der Waals surface area contributed by atoms with E-state index in [1.165, 1.54) is 43.2 Å². The van der Waals surface area contributed by atoms with Gasteiger partial charge < -0.3 is 18.8 Å². The Balaban J connectivity index is 1.16. The molecule has 3 fully saturated rings. The Kier molecular flexibility index (Phi) is 11.1. The van der Waals surface area contributed by atoms with Crippen LogP contribution in [0.3, 0.4) is 0 Å². The van der Waals surface area contributed by atoms with Crippen molar-refractivity contribution in [3.05, 3.63) is 28.8 Å². The number of fused-ring (bicyclic) bond motifs is 5. The van der Waals surface area contributed by atoms with Gasteiger partial charge in [-0.05, 0) is 149 Å². The van der Waals surface area contributed by atoms with Crippen molar-refractivity contribution in [3.8, 4) is 5.75 Å². The number of rotatable bonds is 13. The maximum Gasteiger partial charge on any atom is 0.199 e. The van der Waals surface area contributed by atoms with Gasteiger partial charge in [0.1, 0.15) is 11.5 Å². The molecular formula is C38H63NO4Si. The van der Waals surface area contributed by atoms with Crippen LogP contribution < -0.4 is 4.74 Å². The van der Waals surface area contributed by atoms with Gasteiger partial charge in [0.25, 0.3) is 0 Å². The predicted molar refractivity (Wildman–Crippen MR) is 183 cm³/mol. The van der Waals surface area contributed by atoms with E-state index in [0.717, 1.165) is 89.8 Å². The average Bonchev–Trinajstić information content (AvgIpc) is 3.29. The maximum atomic E-state index is 12.9. The highest BCUT2D eigenvalue weighted by Crippen LogP contribution is 2.59. The topological polar surface area (TPSA) is 48.0 Å². The molecule has 1 saturated heterocycles. The van der Waals surface area contributed by atoms with E-state index in [4.69, 9.17) is 13.9 Å². The number of aryl methyl sites for hydroxylation is 2. The van der Waals surface area contributed by atoms with Crippen LogP contribution in [0.2, 0.25) is 18.1 Å². The van der Waals surface area contributed by atoms with E-state index in [1.807, 2.05) is 0 Å². The van der Waals surface area contributed by atoms with Gasteiger partial charge in [0.05, 0.1) is 6.61 Å². The van der Waals surface area contributed by atoms with Crippen LogP contribution in [0.1, 0.15) is 127 Å². The third kappa shape index (κ3) is 7.66. The number of carbonyl (C=O) groups is 1. The highest BCUT2D eigenvalue weighted by molar-refractivity contribution is 6.74. The van der Waals surface area contributed by atoms with Crippen molar-refractivity contribution >= 4 is 14.1 Å². The molecule has 1 aliphatic heterocycles. The van der Waals surface area contributed by atoms with Gasteiger partial charge in [-0.1, -0.05) is 40.2 Å². The van der Waals surface area contributed by atoms with Gasteiger partial charge in [-0.15, -0.1) is 0 Å². The molecular weight excluding hydrogens is 563 g/mol. The molecule has 0 spiro atoms. The van der Waals surface area contributed by atoms with Gasteiger partial charge >= 0.3 is 0 Å². The molecule has 0 N–H and O–H groups in total. The minimum absolute atomic E-state index is 0.0617. The zero-order valence-corrected chi connectivity index (χ0v) is 30.3. The lowest BCUT2D eigenvalue weighted by Crippen LogP contribution is -2.42. The number of unbranched alkanes of at least 4 members (excludes halogenated alkanes) is 2. The summed E-state index contributed by atoms with van der Waals surface area (Å²) in [4.78, 5) is 15.3. The standard InChI is InChI=1S/C38H63NO4Si/c1-37(2,3)44(6,7)42-25-13-23-39(5)22-11-8-9-14-29-26-32-28(27-34(29)43-36-15-10-12-24-41-36)16-17-31-30(32)20-21-38(4)33(31)18-19-35(38)40/h26-27,30-31,33,36H,8-25H2,1-7H3/t30-,31+,33-,36?,38-/m0/s1. The lowest BCUT2D eigenvalue weighted by molar-refractivity contribution is -0.129.